The van der Waals surface area contributed by atoms with Crippen LogP contribution in [0, 0.1) is 35.3 Å². The van der Waals surface area contributed by atoms with E-state index in [0.717, 1.165) is 22.3 Å². The van der Waals surface area contributed by atoms with Gasteiger partial charge in [-0.15, -0.1) is 0 Å². The lowest BCUT2D eigenvalue weighted by atomic mass is 10.0. The molecule has 0 amide bonds. The second kappa shape index (κ2) is 13.0. The zero-order chi connectivity index (χ0) is 29.5. The summed E-state index contributed by atoms with van der Waals surface area (Å²) in [6.07, 6.45) is 3.82. The normalized spacial score (nSPS) is 11.0. The van der Waals surface area contributed by atoms with Crippen LogP contribution in [0.15, 0.2) is 54.6 Å². The Kier molecular flexibility index (Phi) is 9.27. The van der Waals surface area contributed by atoms with Gasteiger partial charge in [0.2, 0.25) is 5.78 Å². The molecule has 2 aromatic heterocycles. The maximum absolute atomic E-state index is 13.5. The summed E-state index contributed by atoms with van der Waals surface area (Å²) in [4.78, 5) is 19.9. The number of halogens is 2. The van der Waals surface area contributed by atoms with E-state index < -0.39 is 0 Å². The third-order valence-electron chi connectivity index (χ3n) is 6.97. The number of aromatic nitrogens is 2. The fraction of sp³-hybridized carbons (Fsp3) is 0.229. The van der Waals surface area contributed by atoms with Crippen molar-refractivity contribution in [2.45, 2.75) is 53.4 Å². The Morgan fingerprint density at radius 1 is 0.659 bits per heavy atom. The topological polar surface area (TPSA) is 68.9 Å². The van der Waals surface area contributed by atoms with Gasteiger partial charge in [-0.1, -0.05) is 39.5 Å². The summed E-state index contributed by atoms with van der Waals surface area (Å²) in [7, 11) is 0. The number of carbonyl (C=O) groups is 1. The Morgan fingerprint density at radius 3 is 1.46 bits per heavy atom. The number of aromatic amines is 2. The second-order valence-corrected chi connectivity index (χ2v) is 9.49. The molecule has 2 aromatic carbocycles. The summed E-state index contributed by atoms with van der Waals surface area (Å²) in [5.41, 5.74) is 7.10. The zero-order valence-corrected chi connectivity index (χ0v) is 23.6. The number of allylic oxidation sites excluding steroid dienone is 1. The van der Waals surface area contributed by atoms with Crippen LogP contribution >= 0.6 is 0 Å². The standard InChI is InChI=1S/C35H32F2N2O2/c1-5-26-28(7-3)34(38-30(26)19-13-22-9-15-24(36)16-10-22)32(40)21-33(41)35-29(8-4)27(6-2)31(39-35)20-14-23-11-17-25(37)18-12-23/h9-12,15-18,21,38-40H,5-8H2,1-4H3/b32-21-. The van der Waals surface area contributed by atoms with E-state index in [1.165, 1.54) is 30.3 Å². The van der Waals surface area contributed by atoms with Gasteiger partial charge in [0, 0.05) is 17.2 Å². The molecule has 0 saturated carbocycles. The van der Waals surface area contributed by atoms with Gasteiger partial charge in [-0.25, -0.2) is 8.78 Å². The monoisotopic (exact) mass is 550 g/mol. The number of hydrogen-bond acceptors (Lipinski definition) is 2. The molecule has 0 aliphatic rings. The second-order valence-electron chi connectivity index (χ2n) is 9.49. The van der Waals surface area contributed by atoms with Crippen molar-refractivity contribution < 1.29 is 18.7 Å². The fourth-order valence-corrected chi connectivity index (χ4v) is 4.96. The highest BCUT2D eigenvalue weighted by Gasteiger charge is 2.21. The first-order valence-corrected chi connectivity index (χ1v) is 13.8. The molecule has 0 spiro atoms. The number of H-pyrrole nitrogens is 2. The minimum Gasteiger partial charge on any atom is -0.506 e. The first kappa shape index (κ1) is 29.2. The van der Waals surface area contributed by atoms with Gasteiger partial charge < -0.3 is 15.1 Å². The molecule has 4 nitrogen and oxygen atoms in total. The van der Waals surface area contributed by atoms with E-state index in [1.54, 1.807) is 24.3 Å². The van der Waals surface area contributed by atoms with Crippen LogP contribution in [0.25, 0.3) is 5.76 Å². The Labute approximate surface area is 239 Å². The molecule has 4 rings (SSSR count). The summed E-state index contributed by atoms with van der Waals surface area (Å²) < 4.78 is 26.5. The molecule has 0 aliphatic carbocycles. The van der Waals surface area contributed by atoms with Crippen LogP contribution in [0.4, 0.5) is 8.78 Å². The van der Waals surface area contributed by atoms with Crippen LogP contribution in [0.2, 0.25) is 0 Å². The number of aliphatic hydroxyl groups excluding tert-OH is 1. The molecule has 0 atom stereocenters. The average Bonchev–Trinajstić information content (AvgIpc) is 3.53. The highest BCUT2D eigenvalue weighted by Crippen LogP contribution is 2.27. The van der Waals surface area contributed by atoms with Crippen LogP contribution in [-0.4, -0.2) is 20.9 Å². The van der Waals surface area contributed by atoms with Gasteiger partial charge in [0.25, 0.3) is 0 Å². The van der Waals surface area contributed by atoms with Gasteiger partial charge in [0.05, 0.1) is 22.8 Å². The average molecular weight is 551 g/mol. The van der Waals surface area contributed by atoms with E-state index in [9.17, 15) is 18.7 Å². The quantitative estimate of drug-likeness (QED) is 0.0968. The van der Waals surface area contributed by atoms with E-state index in [1.807, 2.05) is 27.7 Å². The number of hydrogen-bond donors (Lipinski definition) is 3. The minimum absolute atomic E-state index is 0.176. The molecular formula is C35H32F2N2O2. The molecule has 0 aliphatic heterocycles. The maximum atomic E-state index is 13.5. The van der Waals surface area contributed by atoms with Crippen molar-refractivity contribution in [3.63, 3.8) is 0 Å². The van der Waals surface area contributed by atoms with Gasteiger partial charge in [-0.3, -0.25) is 4.79 Å². The first-order chi connectivity index (χ1) is 19.8. The fourth-order valence-electron chi connectivity index (χ4n) is 4.96. The van der Waals surface area contributed by atoms with Crippen molar-refractivity contribution in [2.24, 2.45) is 0 Å². The van der Waals surface area contributed by atoms with E-state index in [4.69, 9.17) is 0 Å². The Hall–Kier alpha value is -4.81. The molecular weight excluding hydrogens is 518 g/mol. The van der Waals surface area contributed by atoms with Gasteiger partial charge in [-0.05, 0) is 108 Å². The lowest BCUT2D eigenvalue weighted by Gasteiger charge is -2.04. The Balaban J connectivity index is 1.70. The summed E-state index contributed by atoms with van der Waals surface area (Å²) in [5.74, 6) is 11.1. The molecule has 0 saturated heterocycles. The van der Waals surface area contributed by atoms with Crippen molar-refractivity contribution in [3.8, 4) is 23.7 Å². The van der Waals surface area contributed by atoms with Crippen LogP contribution in [0.5, 0.6) is 0 Å². The van der Waals surface area contributed by atoms with Crippen molar-refractivity contribution in [2.75, 3.05) is 0 Å². The van der Waals surface area contributed by atoms with E-state index in [0.29, 0.717) is 59.6 Å². The van der Waals surface area contributed by atoms with Gasteiger partial charge in [-0.2, -0.15) is 0 Å². The van der Waals surface area contributed by atoms with Crippen molar-refractivity contribution in [3.05, 3.63) is 122 Å². The summed E-state index contributed by atoms with van der Waals surface area (Å²) in [6, 6.07) is 11.9. The predicted octanol–water partition coefficient (Wildman–Crippen LogP) is 7.45. The van der Waals surface area contributed by atoms with Crippen LogP contribution in [0.1, 0.15) is 88.6 Å². The van der Waals surface area contributed by atoms with Crippen LogP contribution < -0.4 is 0 Å². The minimum atomic E-state index is -0.363. The highest BCUT2D eigenvalue weighted by atomic mass is 19.1. The largest absolute Gasteiger partial charge is 0.506 e. The lowest BCUT2D eigenvalue weighted by molar-refractivity contribution is 0.104. The van der Waals surface area contributed by atoms with E-state index in [-0.39, 0.29) is 23.2 Å². The number of benzene rings is 2. The van der Waals surface area contributed by atoms with E-state index in [2.05, 4.69) is 33.6 Å². The molecule has 0 unspecified atom stereocenters. The van der Waals surface area contributed by atoms with Crippen LogP contribution in [-0.2, 0) is 25.7 Å². The van der Waals surface area contributed by atoms with Gasteiger partial charge in [0.1, 0.15) is 17.4 Å². The van der Waals surface area contributed by atoms with Crippen molar-refractivity contribution in [1.29, 1.82) is 0 Å². The third kappa shape index (κ3) is 6.51. The molecule has 208 valence electrons. The molecule has 0 fully saturated rings. The zero-order valence-electron chi connectivity index (χ0n) is 23.6. The summed E-state index contributed by atoms with van der Waals surface area (Å²) in [5, 5.41) is 11.1. The number of aliphatic hydroxyl groups is 1. The van der Waals surface area contributed by atoms with Crippen molar-refractivity contribution in [1.82, 2.24) is 9.97 Å². The number of rotatable bonds is 7. The van der Waals surface area contributed by atoms with Gasteiger partial charge in [0.15, 0.2) is 0 Å². The number of ketones is 1. The predicted molar refractivity (Wildman–Crippen MR) is 159 cm³/mol. The lowest BCUT2D eigenvalue weighted by Crippen LogP contribution is -2.02. The Morgan fingerprint density at radius 2 is 1.05 bits per heavy atom. The number of nitrogens with one attached hydrogen (secondary N) is 2. The maximum Gasteiger partial charge on any atom is 0.206 e. The summed E-state index contributed by atoms with van der Waals surface area (Å²) >= 11 is 0. The molecule has 4 aromatic rings. The molecule has 0 bridgehead atoms. The molecule has 2 heterocycles. The molecule has 0 radical (unpaired) electrons. The Bertz CT molecular complexity index is 1720. The summed E-state index contributed by atoms with van der Waals surface area (Å²) in [6.45, 7) is 7.96. The smallest absolute Gasteiger partial charge is 0.206 e. The van der Waals surface area contributed by atoms with E-state index >= 15 is 0 Å². The van der Waals surface area contributed by atoms with Crippen LogP contribution in [0.3, 0.4) is 0 Å². The molecule has 41 heavy (non-hydrogen) atoms. The number of carbonyl (C=O) groups excluding carboxylic acids is 1. The van der Waals surface area contributed by atoms with Gasteiger partial charge >= 0.3 is 0 Å². The molecule has 6 heteroatoms. The SMILES string of the molecule is CCc1c(C#Cc2ccc(F)cc2)[nH]c(C(=O)/C=C(\O)c2[nH]c(C#Cc3ccc(F)cc3)c(CC)c2CC)c1CC. The molecule has 3 N–H and O–H groups in total. The van der Waals surface area contributed by atoms with Crippen molar-refractivity contribution >= 4 is 11.5 Å². The first-order valence-electron chi connectivity index (χ1n) is 13.8. The highest BCUT2D eigenvalue weighted by molar-refractivity contribution is 6.08. The third-order valence-corrected chi connectivity index (χ3v) is 6.97.